The number of benzene rings is 2. The maximum absolute atomic E-state index is 4.17. The van der Waals surface area contributed by atoms with Crippen molar-refractivity contribution in [2.24, 2.45) is 0 Å². The molecule has 0 radical (unpaired) electrons. The third kappa shape index (κ3) is 4.88. The molecule has 132 valence electrons. The highest BCUT2D eigenvalue weighted by Gasteiger charge is 2.33. The Morgan fingerprint density at radius 3 is 2.16 bits per heavy atom. The first-order valence-corrected chi connectivity index (χ1v) is 9.55. The van der Waals surface area contributed by atoms with Crippen LogP contribution in [0.1, 0.15) is 43.2 Å². The van der Waals surface area contributed by atoms with Crippen molar-refractivity contribution in [1.29, 1.82) is 0 Å². The molecule has 0 saturated heterocycles. The van der Waals surface area contributed by atoms with Crippen molar-refractivity contribution in [1.82, 2.24) is 10.6 Å². The van der Waals surface area contributed by atoms with Gasteiger partial charge >= 0.3 is 0 Å². The monoisotopic (exact) mass is 334 g/mol. The Kier molecular flexibility index (Phi) is 6.16. The number of hydrogen-bond donors (Lipinski definition) is 2. The maximum Gasteiger partial charge on any atom is 0.0912 e. The van der Waals surface area contributed by atoms with E-state index < -0.39 is 0 Å². The van der Waals surface area contributed by atoms with Crippen LogP contribution < -0.4 is 10.6 Å². The van der Waals surface area contributed by atoms with Crippen molar-refractivity contribution < 1.29 is 0 Å². The van der Waals surface area contributed by atoms with E-state index in [4.69, 9.17) is 0 Å². The average Bonchev–Trinajstić information content (AvgIpc) is 2.69. The summed E-state index contributed by atoms with van der Waals surface area (Å²) >= 11 is 0. The van der Waals surface area contributed by atoms with Crippen molar-refractivity contribution in [3.8, 4) is 0 Å². The van der Waals surface area contributed by atoms with E-state index in [2.05, 4.69) is 77.9 Å². The van der Waals surface area contributed by atoms with E-state index in [0.717, 1.165) is 25.3 Å². The summed E-state index contributed by atoms with van der Waals surface area (Å²) in [5.74, 6) is 0.941. The lowest BCUT2D eigenvalue weighted by Gasteiger charge is -2.38. The standard InChI is InChI=1S/C23H30N2/c1-20(24-18-15-21-11-5-2-6-12-21)25-19-23(16-9-4-10-17-23)22-13-7-3-8-14-22/h2-3,5-8,11-14,24-25H,1,4,9-10,15-19H2. The van der Waals surface area contributed by atoms with Crippen LogP contribution in [0.2, 0.25) is 0 Å². The topological polar surface area (TPSA) is 24.1 Å². The second kappa shape index (κ2) is 8.75. The van der Waals surface area contributed by atoms with E-state index >= 15 is 0 Å². The van der Waals surface area contributed by atoms with Crippen molar-refractivity contribution in [2.75, 3.05) is 13.1 Å². The molecule has 1 fully saturated rings. The molecule has 25 heavy (non-hydrogen) atoms. The summed E-state index contributed by atoms with van der Waals surface area (Å²) in [6, 6.07) is 21.6. The van der Waals surface area contributed by atoms with Gasteiger partial charge in [-0.25, -0.2) is 0 Å². The van der Waals surface area contributed by atoms with Gasteiger partial charge in [0.15, 0.2) is 0 Å². The molecule has 0 spiro atoms. The minimum absolute atomic E-state index is 0.254. The highest BCUT2D eigenvalue weighted by atomic mass is 15.1. The first-order chi connectivity index (χ1) is 12.3. The fourth-order valence-electron chi connectivity index (χ4n) is 3.93. The Morgan fingerprint density at radius 2 is 1.48 bits per heavy atom. The summed E-state index contributed by atoms with van der Waals surface area (Å²) in [5.41, 5.74) is 3.08. The molecule has 2 aromatic rings. The van der Waals surface area contributed by atoms with Crippen LogP contribution in [0.3, 0.4) is 0 Å². The van der Waals surface area contributed by atoms with Gasteiger partial charge in [0.05, 0.1) is 5.82 Å². The van der Waals surface area contributed by atoms with Crippen LogP contribution in [0.15, 0.2) is 73.1 Å². The summed E-state index contributed by atoms with van der Waals surface area (Å²) < 4.78 is 0. The quantitative estimate of drug-likeness (QED) is 0.726. The Hall–Kier alpha value is -2.22. The van der Waals surface area contributed by atoms with Gasteiger partial charge in [-0.05, 0) is 30.4 Å². The van der Waals surface area contributed by atoms with E-state index in [9.17, 15) is 0 Å². The van der Waals surface area contributed by atoms with Gasteiger partial charge in [0.2, 0.25) is 0 Å². The maximum atomic E-state index is 4.17. The lowest BCUT2D eigenvalue weighted by atomic mass is 9.69. The van der Waals surface area contributed by atoms with Crippen molar-refractivity contribution in [3.63, 3.8) is 0 Å². The Bertz CT molecular complexity index is 642. The zero-order valence-electron chi connectivity index (χ0n) is 15.1. The lowest BCUT2D eigenvalue weighted by Crippen LogP contribution is -2.41. The molecule has 0 aliphatic heterocycles. The molecule has 0 bridgehead atoms. The minimum atomic E-state index is 0.254. The molecular formula is C23H30N2. The van der Waals surface area contributed by atoms with Crippen LogP contribution in [-0.2, 0) is 11.8 Å². The van der Waals surface area contributed by atoms with Crippen LogP contribution in [0, 0.1) is 0 Å². The minimum Gasteiger partial charge on any atom is -0.372 e. The molecule has 0 amide bonds. The molecule has 1 saturated carbocycles. The van der Waals surface area contributed by atoms with Crippen LogP contribution in [0.5, 0.6) is 0 Å². The van der Waals surface area contributed by atoms with E-state index in [0.29, 0.717) is 0 Å². The van der Waals surface area contributed by atoms with Crippen LogP contribution in [0.4, 0.5) is 0 Å². The zero-order valence-corrected chi connectivity index (χ0v) is 15.1. The normalized spacial score (nSPS) is 16.2. The molecule has 0 heterocycles. The van der Waals surface area contributed by atoms with E-state index in [1.54, 1.807) is 0 Å². The summed E-state index contributed by atoms with van der Waals surface area (Å²) in [4.78, 5) is 0. The highest BCUT2D eigenvalue weighted by molar-refractivity contribution is 5.27. The van der Waals surface area contributed by atoms with Gasteiger partial charge in [0.25, 0.3) is 0 Å². The highest BCUT2D eigenvalue weighted by Crippen LogP contribution is 2.38. The average molecular weight is 335 g/mol. The van der Waals surface area contributed by atoms with Crippen LogP contribution in [-0.4, -0.2) is 13.1 Å². The molecule has 0 unspecified atom stereocenters. The molecule has 2 nitrogen and oxygen atoms in total. The Labute approximate surface area is 152 Å². The SMILES string of the molecule is C=C(NCCc1ccccc1)NCC1(c2ccccc2)CCCCC1. The Morgan fingerprint density at radius 1 is 0.840 bits per heavy atom. The fourth-order valence-corrected chi connectivity index (χ4v) is 3.93. The summed E-state index contributed by atoms with van der Waals surface area (Å²) in [7, 11) is 0. The first-order valence-electron chi connectivity index (χ1n) is 9.55. The second-order valence-corrected chi connectivity index (χ2v) is 7.20. The summed E-state index contributed by atoms with van der Waals surface area (Å²) in [6.45, 7) is 6.05. The van der Waals surface area contributed by atoms with Gasteiger partial charge in [0.1, 0.15) is 0 Å². The largest absolute Gasteiger partial charge is 0.372 e. The summed E-state index contributed by atoms with van der Waals surface area (Å²) in [5, 5.41) is 7.01. The van der Waals surface area contributed by atoms with Gasteiger partial charge in [-0.2, -0.15) is 0 Å². The second-order valence-electron chi connectivity index (χ2n) is 7.20. The molecule has 3 rings (SSSR count). The van der Waals surface area contributed by atoms with E-state index in [1.807, 2.05) is 0 Å². The van der Waals surface area contributed by atoms with Crippen LogP contribution in [0.25, 0.3) is 0 Å². The van der Waals surface area contributed by atoms with Gasteiger partial charge in [0, 0.05) is 18.5 Å². The fraction of sp³-hybridized carbons (Fsp3) is 0.391. The van der Waals surface area contributed by atoms with Crippen molar-refractivity contribution in [2.45, 2.75) is 43.9 Å². The smallest absolute Gasteiger partial charge is 0.0912 e. The van der Waals surface area contributed by atoms with E-state index in [1.165, 1.54) is 43.2 Å². The Balaban J connectivity index is 1.52. The van der Waals surface area contributed by atoms with E-state index in [-0.39, 0.29) is 5.41 Å². The van der Waals surface area contributed by atoms with Crippen LogP contribution >= 0.6 is 0 Å². The number of hydrogen-bond acceptors (Lipinski definition) is 2. The van der Waals surface area contributed by atoms with Gasteiger partial charge in [-0.1, -0.05) is 86.5 Å². The molecule has 2 aromatic carbocycles. The molecule has 0 atom stereocenters. The predicted octanol–water partition coefficient (Wildman–Crippen LogP) is 4.78. The van der Waals surface area contributed by atoms with Gasteiger partial charge in [-0.15, -0.1) is 0 Å². The zero-order chi connectivity index (χ0) is 17.4. The molecule has 0 aromatic heterocycles. The molecular weight excluding hydrogens is 304 g/mol. The third-order valence-electron chi connectivity index (χ3n) is 5.43. The third-order valence-corrected chi connectivity index (χ3v) is 5.43. The molecule has 2 N–H and O–H groups in total. The molecule has 1 aliphatic rings. The van der Waals surface area contributed by atoms with Crippen molar-refractivity contribution in [3.05, 3.63) is 84.2 Å². The number of rotatable bonds is 8. The first kappa shape index (κ1) is 17.6. The van der Waals surface area contributed by atoms with Gasteiger partial charge < -0.3 is 10.6 Å². The molecule has 2 heteroatoms. The van der Waals surface area contributed by atoms with Gasteiger partial charge in [-0.3, -0.25) is 0 Å². The predicted molar refractivity (Wildman–Crippen MR) is 106 cm³/mol. The number of nitrogens with one attached hydrogen (secondary N) is 2. The lowest BCUT2D eigenvalue weighted by molar-refractivity contribution is 0.285. The van der Waals surface area contributed by atoms with Crippen molar-refractivity contribution >= 4 is 0 Å². The molecule has 1 aliphatic carbocycles. The summed E-state index contributed by atoms with van der Waals surface area (Å²) in [6.07, 6.45) is 7.56.